The van der Waals surface area contributed by atoms with Crippen LogP contribution in [0.3, 0.4) is 0 Å². The second-order valence-electron chi connectivity index (χ2n) is 6.66. The Balaban J connectivity index is 1.70. The first-order chi connectivity index (χ1) is 13.7. The molecule has 0 aromatic heterocycles. The number of hydrazone groups is 1. The zero-order chi connectivity index (χ0) is 21.1. The predicted octanol–water partition coefficient (Wildman–Crippen LogP) is 3.35. The van der Waals surface area contributed by atoms with E-state index in [1.54, 1.807) is 26.0 Å². The van der Waals surface area contributed by atoms with Gasteiger partial charge in [-0.15, -0.1) is 0 Å². The molecule has 3 atom stereocenters. The van der Waals surface area contributed by atoms with Crippen molar-refractivity contribution in [3.8, 4) is 5.75 Å². The lowest BCUT2D eigenvalue weighted by Gasteiger charge is -2.23. The molecule has 1 heterocycles. The van der Waals surface area contributed by atoms with Crippen molar-refractivity contribution in [2.45, 2.75) is 26.1 Å². The Bertz CT molecular complexity index is 944. The molecule has 0 bridgehead atoms. The summed E-state index contributed by atoms with van der Waals surface area (Å²) in [5.74, 6) is -2.47. The molecule has 7 nitrogen and oxygen atoms in total. The van der Waals surface area contributed by atoms with Gasteiger partial charge in [-0.25, -0.2) is 9.18 Å². The zero-order valence-electron chi connectivity index (χ0n) is 15.6. The maximum atomic E-state index is 13.5. The van der Waals surface area contributed by atoms with Crippen molar-refractivity contribution in [3.63, 3.8) is 0 Å². The van der Waals surface area contributed by atoms with Crippen LogP contribution >= 0.6 is 11.6 Å². The molecule has 0 saturated heterocycles. The molecule has 1 aliphatic rings. The number of carboxylic acid groups (broad SMARTS) is 1. The summed E-state index contributed by atoms with van der Waals surface area (Å²) in [6.07, 6.45) is -0.825. The van der Waals surface area contributed by atoms with Crippen molar-refractivity contribution in [2.75, 3.05) is 0 Å². The summed E-state index contributed by atoms with van der Waals surface area (Å²) in [6, 6.07) is 9.64. The van der Waals surface area contributed by atoms with E-state index in [0.717, 1.165) is 11.6 Å². The quantitative estimate of drug-likeness (QED) is 0.666. The van der Waals surface area contributed by atoms with Crippen LogP contribution < -0.4 is 15.5 Å². The van der Waals surface area contributed by atoms with Crippen molar-refractivity contribution in [1.82, 2.24) is 10.7 Å². The van der Waals surface area contributed by atoms with E-state index >= 15 is 0 Å². The Hall–Kier alpha value is -3.13. The molecule has 3 N–H and O–H groups in total. The van der Waals surface area contributed by atoms with Gasteiger partial charge in [0, 0.05) is 11.1 Å². The second-order valence-corrected chi connectivity index (χ2v) is 7.10. The minimum atomic E-state index is -1.02. The van der Waals surface area contributed by atoms with E-state index in [2.05, 4.69) is 15.8 Å². The largest absolute Gasteiger partial charge is 0.478 e. The van der Waals surface area contributed by atoms with E-state index in [1.807, 2.05) is 0 Å². The molecule has 0 aliphatic carbocycles. The van der Waals surface area contributed by atoms with Gasteiger partial charge in [0.1, 0.15) is 17.5 Å². The third-order valence-electron chi connectivity index (χ3n) is 4.52. The van der Waals surface area contributed by atoms with Crippen molar-refractivity contribution in [3.05, 3.63) is 64.4 Å². The molecule has 2 unspecified atom stereocenters. The Morgan fingerprint density at radius 3 is 2.59 bits per heavy atom. The number of nitrogens with zero attached hydrogens (tertiary/aromatic N) is 1. The van der Waals surface area contributed by atoms with Crippen LogP contribution in [0.15, 0.2) is 47.6 Å². The molecule has 2 aromatic rings. The van der Waals surface area contributed by atoms with E-state index in [1.165, 1.54) is 24.3 Å². The summed E-state index contributed by atoms with van der Waals surface area (Å²) in [5.41, 5.74) is 4.16. The SMILES string of the molecule is CC1=NNC(Oc2cc(F)cc(Cl)c2)C1C(=O)N[C@@H](C)c1ccc(C(=O)O)cc1. The van der Waals surface area contributed by atoms with Crippen molar-refractivity contribution in [1.29, 1.82) is 0 Å². The summed E-state index contributed by atoms with van der Waals surface area (Å²) in [4.78, 5) is 23.8. The Labute approximate surface area is 171 Å². The summed E-state index contributed by atoms with van der Waals surface area (Å²) < 4.78 is 19.2. The van der Waals surface area contributed by atoms with Gasteiger partial charge < -0.3 is 15.2 Å². The van der Waals surface area contributed by atoms with Crippen LogP contribution in [0.1, 0.15) is 35.8 Å². The van der Waals surface area contributed by atoms with Gasteiger partial charge in [0.05, 0.1) is 17.3 Å². The number of carbonyl (C=O) groups is 2. The lowest BCUT2D eigenvalue weighted by atomic mass is 10.0. The van der Waals surface area contributed by atoms with Gasteiger partial charge in [-0.1, -0.05) is 23.7 Å². The van der Waals surface area contributed by atoms with Crippen LogP contribution in [0, 0.1) is 11.7 Å². The maximum absolute atomic E-state index is 13.5. The van der Waals surface area contributed by atoms with E-state index < -0.39 is 23.9 Å². The normalized spacial score (nSPS) is 19.1. The lowest BCUT2D eigenvalue weighted by Crippen LogP contribution is -2.45. The highest BCUT2D eigenvalue weighted by Crippen LogP contribution is 2.25. The topological polar surface area (TPSA) is 100 Å². The molecule has 0 radical (unpaired) electrons. The summed E-state index contributed by atoms with van der Waals surface area (Å²) in [6.45, 7) is 3.47. The minimum absolute atomic E-state index is 0.164. The molecule has 1 aliphatic heterocycles. The Morgan fingerprint density at radius 2 is 1.97 bits per heavy atom. The highest BCUT2D eigenvalue weighted by atomic mass is 35.5. The van der Waals surface area contributed by atoms with Crippen LogP contribution in [0.4, 0.5) is 4.39 Å². The molecule has 152 valence electrons. The number of amides is 1. The van der Waals surface area contributed by atoms with Crippen molar-refractivity contribution < 1.29 is 23.8 Å². The molecule has 9 heteroatoms. The first kappa shape index (κ1) is 20.6. The fourth-order valence-electron chi connectivity index (χ4n) is 2.99. The first-order valence-corrected chi connectivity index (χ1v) is 9.18. The van der Waals surface area contributed by atoms with E-state index in [0.29, 0.717) is 5.71 Å². The number of carbonyl (C=O) groups excluding carboxylic acids is 1. The minimum Gasteiger partial charge on any atom is -0.478 e. The van der Waals surface area contributed by atoms with Crippen LogP contribution in [0.25, 0.3) is 0 Å². The highest BCUT2D eigenvalue weighted by molar-refractivity contribution is 6.30. The van der Waals surface area contributed by atoms with Crippen LogP contribution in [0.2, 0.25) is 5.02 Å². The van der Waals surface area contributed by atoms with Gasteiger partial charge in [0.2, 0.25) is 12.1 Å². The van der Waals surface area contributed by atoms with Gasteiger partial charge in [-0.2, -0.15) is 5.10 Å². The average molecular weight is 420 g/mol. The predicted molar refractivity (Wildman–Crippen MR) is 106 cm³/mol. The van der Waals surface area contributed by atoms with Crippen molar-refractivity contribution >= 4 is 29.2 Å². The molecular weight excluding hydrogens is 401 g/mol. The van der Waals surface area contributed by atoms with Gasteiger partial charge >= 0.3 is 5.97 Å². The number of benzene rings is 2. The molecular formula is C20H19ClFN3O4. The van der Waals surface area contributed by atoms with Crippen LogP contribution in [0.5, 0.6) is 5.75 Å². The fraction of sp³-hybridized carbons (Fsp3) is 0.250. The number of ether oxygens (including phenoxy) is 1. The second kappa shape index (κ2) is 8.48. The smallest absolute Gasteiger partial charge is 0.335 e. The molecule has 1 amide bonds. The average Bonchev–Trinajstić information content (AvgIpc) is 3.01. The first-order valence-electron chi connectivity index (χ1n) is 8.80. The van der Waals surface area contributed by atoms with Crippen molar-refractivity contribution in [2.24, 2.45) is 11.0 Å². The standard InChI is InChI=1S/C20H19ClFN3O4/c1-10(12-3-5-13(6-4-12)20(27)28)23-18(26)17-11(2)24-25-19(17)29-16-8-14(21)7-15(22)9-16/h3-10,17,19,25H,1-2H3,(H,23,26)(H,27,28)/t10-,17?,19?/m0/s1. The third kappa shape index (κ3) is 4.83. The third-order valence-corrected chi connectivity index (χ3v) is 4.74. The fourth-order valence-corrected chi connectivity index (χ4v) is 3.21. The maximum Gasteiger partial charge on any atom is 0.335 e. The zero-order valence-corrected chi connectivity index (χ0v) is 16.4. The van der Waals surface area contributed by atoms with E-state index in [4.69, 9.17) is 21.4 Å². The van der Waals surface area contributed by atoms with E-state index in [9.17, 15) is 14.0 Å². The number of aromatic carboxylic acids is 1. The monoisotopic (exact) mass is 419 g/mol. The van der Waals surface area contributed by atoms with Gasteiger partial charge in [-0.3, -0.25) is 10.2 Å². The van der Waals surface area contributed by atoms with Gasteiger partial charge in [0.15, 0.2) is 0 Å². The Kier molecular flexibility index (Phi) is 6.03. The van der Waals surface area contributed by atoms with E-state index in [-0.39, 0.29) is 28.3 Å². The molecule has 0 saturated carbocycles. The van der Waals surface area contributed by atoms with Gasteiger partial charge in [-0.05, 0) is 43.7 Å². The molecule has 0 spiro atoms. The molecule has 3 rings (SSSR count). The van der Waals surface area contributed by atoms with Crippen LogP contribution in [-0.4, -0.2) is 28.9 Å². The number of hydrogen-bond acceptors (Lipinski definition) is 5. The molecule has 0 fully saturated rings. The summed E-state index contributed by atoms with van der Waals surface area (Å²) in [7, 11) is 0. The number of nitrogens with one attached hydrogen (secondary N) is 2. The molecule has 29 heavy (non-hydrogen) atoms. The van der Waals surface area contributed by atoms with Crippen LogP contribution in [-0.2, 0) is 4.79 Å². The number of hydrogen-bond donors (Lipinski definition) is 3. The lowest BCUT2D eigenvalue weighted by molar-refractivity contribution is -0.126. The van der Waals surface area contributed by atoms with Gasteiger partial charge in [0.25, 0.3) is 0 Å². The Morgan fingerprint density at radius 1 is 1.28 bits per heavy atom. The summed E-state index contributed by atoms with van der Waals surface area (Å²) >= 11 is 5.85. The number of rotatable bonds is 6. The highest BCUT2D eigenvalue weighted by Gasteiger charge is 2.37. The number of halogens is 2. The summed E-state index contributed by atoms with van der Waals surface area (Å²) in [5, 5.41) is 16.1. The molecule has 2 aromatic carbocycles. The number of carboxylic acids is 1.